The molecule has 0 spiro atoms. The molecule has 1 aliphatic rings. The largest absolute Gasteiger partial charge is 0.495 e. The first kappa shape index (κ1) is 12.6. The van der Waals surface area contributed by atoms with Gasteiger partial charge in [0.1, 0.15) is 11.6 Å². The summed E-state index contributed by atoms with van der Waals surface area (Å²) in [6.45, 7) is 3.56. The second-order valence-electron chi connectivity index (χ2n) is 4.07. The zero-order chi connectivity index (χ0) is 12.8. The van der Waals surface area contributed by atoms with E-state index in [9.17, 15) is 4.79 Å². The molecular formula is C12H18N4O2. The molecule has 1 aromatic heterocycles. The number of carbonyl (C=O) groups excluding carboxylic acids is 1. The molecule has 1 aromatic rings. The summed E-state index contributed by atoms with van der Waals surface area (Å²) in [4.78, 5) is 17.9. The summed E-state index contributed by atoms with van der Waals surface area (Å²) in [5.74, 6) is 1.49. The molecule has 2 heterocycles. The van der Waals surface area contributed by atoms with Crippen LogP contribution in [0.15, 0.2) is 18.3 Å². The molecule has 1 saturated heterocycles. The minimum atomic E-state index is 0.106. The summed E-state index contributed by atoms with van der Waals surface area (Å²) in [5, 5.41) is 6.23. The third kappa shape index (κ3) is 3.33. The molecule has 1 fully saturated rings. The number of carbonyl (C=O) groups is 1. The first-order valence-corrected chi connectivity index (χ1v) is 6.02. The van der Waals surface area contributed by atoms with E-state index in [0.717, 1.165) is 26.2 Å². The second kappa shape index (κ2) is 6.20. The van der Waals surface area contributed by atoms with Crippen molar-refractivity contribution in [3.63, 3.8) is 0 Å². The van der Waals surface area contributed by atoms with Crippen molar-refractivity contribution >= 4 is 11.7 Å². The summed E-state index contributed by atoms with van der Waals surface area (Å²) in [7, 11) is 1.60. The number of methoxy groups -OCH3 is 1. The number of anilines is 1. The van der Waals surface area contributed by atoms with E-state index in [1.165, 1.54) is 0 Å². The Morgan fingerprint density at radius 2 is 2.28 bits per heavy atom. The molecule has 2 rings (SSSR count). The standard InChI is InChI=1S/C12H18N4O2/c1-18-10-2-3-11(14-8-10)15-9-12(17)16-6-4-13-5-7-16/h2-3,8,13H,4-7,9H2,1H3,(H,14,15). The van der Waals surface area contributed by atoms with Crippen LogP contribution in [0.4, 0.5) is 5.82 Å². The van der Waals surface area contributed by atoms with Crippen LogP contribution >= 0.6 is 0 Å². The first-order chi connectivity index (χ1) is 8.79. The average Bonchev–Trinajstić information content (AvgIpc) is 2.46. The Labute approximate surface area is 106 Å². The predicted octanol–water partition coefficient (Wildman–Crippen LogP) is -0.0661. The number of hydrogen-bond acceptors (Lipinski definition) is 5. The quantitative estimate of drug-likeness (QED) is 0.783. The molecule has 1 amide bonds. The molecule has 0 radical (unpaired) electrons. The molecule has 0 saturated carbocycles. The highest BCUT2D eigenvalue weighted by Gasteiger charge is 2.15. The van der Waals surface area contributed by atoms with Crippen LogP contribution < -0.4 is 15.4 Å². The van der Waals surface area contributed by atoms with Gasteiger partial charge in [-0.3, -0.25) is 4.79 Å². The molecule has 18 heavy (non-hydrogen) atoms. The average molecular weight is 250 g/mol. The highest BCUT2D eigenvalue weighted by Crippen LogP contribution is 2.10. The van der Waals surface area contributed by atoms with Crippen LogP contribution in [0.1, 0.15) is 0 Å². The summed E-state index contributed by atoms with van der Waals surface area (Å²) < 4.78 is 5.02. The lowest BCUT2D eigenvalue weighted by molar-refractivity contribution is -0.129. The lowest BCUT2D eigenvalue weighted by Crippen LogP contribution is -2.48. The van der Waals surface area contributed by atoms with Crippen molar-refractivity contribution in [2.24, 2.45) is 0 Å². The molecule has 98 valence electrons. The van der Waals surface area contributed by atoms with Gasteiger partial charge in [-0.1, -0.05) is 0 Å². The van der Waals surface area contributed by atoms with Gasteiger partial charge in [-0.2, -0.15) is 0 Å². The Bertz CT molecular complexity index is 388. The fourth-order valence-corrected chi connectivity index (χ4v) is 1.80. The maximum absolute atomic E-state index is 11.9. The molecule has 0 aromatic carbocycles. The zero-order valence-corrected chi connectivity index (χ0v) is 10.5. The minimum Gasteiger partial charge on any atom is -0.495 e. The van der Waals surface area contributed by atoms with Crippen molar-refractivity contribution in [2.75, 3.05) is 45.2 Å². The topological polar surface area (TPSA) is 66.5 Å². The Balaban J connectivity index is 1.80. The van der Waals surface area contributed by atoms with Crippen LogP contribution in [0.5, 0.6) is 5.75 Å². The van der Waals surface area contributed by atoms with Gasteiger partial charge in [0, 0.05) is 26.2 Å². The van der Waals surface area contributed by atoms with E-state index in [1.54, 1.807) is 19.4 Å². The highest BCUT2D eigenvalue weighted by molar-refractivity contribution is 5.80. The van der Waals surface area contributed by atoms with E-state index < -0.39 is 0 Å². The van der Waals surface area contributed by atoms with Crippen LogP contribution in [-0.2, 0) is 4.79 Å². The van der Waals surface area contributed by atoms with Crippen molar-refractivity contribution in [1.82, 2.24) is 15.2 Å². The van der Waals surface area contributed by atoms with E-state index in [4.69, 9.17) is 4.74 Å². The van der Waals surface area contributed by atoms with Gasteiger partial charge in [0.05, 0.1) is 19.9 Å². The number of ether oxygens (including phenoxy) is 1. The molecule has 0 bridgehead atoms. The van der Waals surface area contributed by atoms with Crippen molar-refractivity contribution in [2.45, 2.75) is 0 Å². The fraction of sp³-hybridized carbons (Fsp3) is 0.500. The van der Waals surface area contributed by atoms with Crippen LogP contribution in [0, 0.1) is 0 Å². The Kier molecular flexibility index (Phi) is 4.35. The monoisotopic (exact) mass is 250 g/mol. The smallest absolute Gasteiger partial charge is 0.242 e. The molecular weight excluding hydrogens is 232 g/mol. The molecule has 0 unspecified atom stereocenters. The third-order valence-corrected chi connectivity index (χ3v) is 2.86. The van der Waals surface area contributed by atoms with Crippen LogP contribution in [0.2, 0.25) is 0 Å². The van der Waals surface area contributed by atoms with Crippen molar-refractivity contribution in [3.05, 3.63) is 18.3 Å². The first-order valence-electron chi connectivity index (χ1n) is 6.02. The number of amides is 1. The van der Waals surface area contributed by atoms with Gasteiger partial charge >= 0.3 is 0 Å². The van der Waals surface area contributed by atoms with Crippen molar-refractivity contribution in [1.29, 1.82) is 0 Å². The molecule has 6 heteroatoms. The number of nitrogens with zero attached hydrogens (tertiary/aromatic N) is 2. The number of hydrogen-bond donors (Lipinski definition) is 2. The van der Waals surface area contributed by atoms with Gasteiger partial charge in [-0.25, -0.2) is 4.98 Å². The fourth-order valence-electron chi connectivity index (χ4n) is 1.80. The van der Waals surface area contributed by atoms with Crippen molar-refractivity contribution < 1.29 is 9.53 Å². The SMILES string of the molecule is COc1ccc(NCC(=O)N2CCNCC2)nc1. The van der Waals surface area contributed by atoms with Crippen LogP contribution in [0.25, 0.3) is 0 Å². The highest BCUT2D eigenvalue weighted by atomic mass is 16.5. The summed E-state index contributed by atoms with van der Waals surface area (Å²) in [6.07, 6.45) is 1.62. The molecule has 2 N–H and O–H groups in total. The molecule has 0 aliphatic carbocycles. The number of rotatable bonds is 4. The predicted molar refractivity (Wildman–Crippen MR) is 68.7 cm³/mol. The Hall–Kier alpha value is -1.82. The summed E-state index contributed by atoms with van der Waals surface area (Å²) in [5.41, 5.74) is 0. The number of nitrogens with one attached hydrogen (secondary N) is 2. The van der Waals surface area contributed by atoms with E-state index in [-0.39, 0.29) is 12.5 Å². The second-order valence-corrected chi connectivity index (χ2v) is 4.07. The lowest BCUT2D eigenvalue weighted by atomic mass is 10.3. The Morgan fingerprint density at radius 1 is 1.50 bits per heavy atom. The van der Waals surface area contributed by atoms with Gasteiger partial charge < -0.3 is 20.3 Å². The normalized spacial score (nSPS) is 15.3. The van der Waals surface area contributed by atoms with Crippen molar-refractivity contribution in [3.8, 4) is 5.75 Å². The van der Waals surface area contributed by atoms with Crippen LogP contribution in [0.3, 0.4) is 0 Å². The maximum Gasteiger partial charge on any atom is 0.242 e. The third-order valence-electron chi connectivity index (χ3n) is 2.86. The van der Waals surface area contributed by atoms with Crippen LogP contribution in [-0.4, -0.2) is 55.6 Å². The van der Waals surface area contributed by atoms with Gasteiger partial charge in [0.25, 0.3) is 0 Å². The maximum atomic E-state index is 11.9. The minimum absolute atomic E-state index is 0.106. The number of piperazine rings is 1. The molecule has 1 aliphatic heterocycles. The molecule has 0 atom stereocenters. The lowest BCUT2D eigenvalue weighted by Gasteiger charge is -2.27. The Morgan fingerprint density at radius 3 is 2.89 bits per heavy atom. The summed E-state index contributed by atoms with van der Waals surface area (Å²) in [6, 6.07) is 3.61. The van der Waals surface area contributed by atoms with Gasteiger partial charge in [0.15, 0.2) is 0 Å². The number of aromatic nitrogens is 1. The van der Waals surface area contributed by atoms with Gasteiger partial charge in [0.2, 0.25) is 5.91 Å². The van der Waals surface area contributed by atoms with Gasteiger partial charge in [-0.15, -0.1) is 0 Å². The van der Waals surface area contributed by atoms with Gasteiger partial charge in [-0.05, 0) is 12.1 Å². The van der Waals surface area contributed by atoms with E-state index in [0.29, 0.717) is 11.6 Å². The molecule has 6 nitrogen and oxygen atoms in total. The number of pyridine rings is 1. The summed E-state index contributed by atoms with van der Waals surface area (Å²) >= 11 is 0. The zero-order valence-electron chi connectivity index (χ0n) is 10.5. The van der Waals surface area contributed by atoms with E-state index in [2.05, 4.69) is 15.6 Å². The van der Waals surface area contributed by atoms with E-state index >= 15 is 0 Å². The van der Waals surface area contributed by atoms with E-state index in [1.807, 2.05) is 11.0 Å².